The molecule has 0 spiro atoms. The van der Waals surface area contributed by atoms with Gasteiger partial charge in [-0.05, 0) is 24.0 Å². The molecule has 0 aromatic heterocycles. The molecule has 1 saturated heterocycles. The number of nitrogens with zero attached hydrogens (tertiary/aromatic N) is 1. The lowest BCUT2D eigenvalue weighted by Crippen LogP contribution is -2.40. The quantitative estimate of drug-likeness (QED) is 0.805. The Labute approximate surface area is 137 Å². The molecule has 0 bridgehead atoms. The highest BCUT2D eigenvalue weighted by atomic mass is 16.5. The third-order valence-electron chi connectivity index (χ3n) is 4.40. The fraction of sp³-hybridized carbons (Fsp3) is 0.350. The molecule has 1 fully saturated rings. The van der Waals surface area contributed by atoms with Gasteiger partial charge in [0.1, 0.15) is 6.10 Å². The van der Waals surface area contributed by atoms with E-state index in [9.17, 15) is 4.79 Å². The highest BCUT2D eigenvalue weighted by Gasteiger charge is 2.28. The molecular weight excluding hydrogens is 286 g/mol. The molecule has 0 unspecified atom stereocenters. The van der Waals surface area contributed by atoms with Gasteiger partial charge in [-0.25, -0.2) is 0 Å². The summed E-state index contributed by atoms with van der Waals surface area (Å²) >= 11 is 0. The monoisotopic (exact) mass is 309 g/mol. The van der Waals surface area contributed by atoms with Crippen LogP contribution in [0.4, 0.5) is 0 Å². The number of piperidine rings is 1. The molecule has 2 aromatic carbocycles. The first kappa shape index (κ1) is 15.8. The topological polar surface area (TPSA) is 29.5 Å². The summed E-state index contributed by atoms with van der Waals surface area (Å²) < 4.78 is 5.37. The van der Waals surface area contributed by atoms with Gasteiger partial charge in [-0.15, -0.1) is 0 Å². The number of carbonyl (C=O) groups is 1. The van der Waals surface area contributed by atoms with E-state index in [0.717, 1.165) is 25.9 Å². The smallest absolute Gasteiger partial charge is 0.302 e. The molecule has 0 N–H and O–H groups in total. The van der Waals surface area contributed by atoms with Crippen molar-refractivity contribution in [1.82, 2.24) is 4.90 Å². The van der Waals surface area contributed by atoms with Gasteiger partial charge in [0.05, 0.1) is 6.04 Å². The van der Waals surface area contributed by atoms with Gasteiger partial charge in [-0.3, -0.25) is 9.69 Å². The van der Waals surface area contributed by atoms with Gasteiger partial charge in [-0.2, -0.15) is 0 Å². The number of hydrogen-bond acceptors (Lipinski definition) is 3. The van der Waals surface area contributed by atoms with Gasteiger partial charge in [0.2, 0.25) is 0 Å². The lowest BCUT2D eigenvalue weighted by Gasteiger charge is -2.37. The number of hydrogen-bond donors (Lipinski definition) is 0. The van der Waals surface area contributed by atoms with Crippen LogP contribution in [0.3, 0.4) is 0 Å². The van der Waals surface area contributed by atoms with Gasteiger partial charge in [-0.1, -0.05) is 60.7 Å². The highest BCUT2D eigenvalue weighted by Crippen LogP contribution is 2.31. The largest absolute Gasteiger partial charge is 0.462 e. The van der Waals surface area contributed by atoms with Crippen LogP contribution in [0, 0.1) is 0 Å². The van der Waals surface area contributed by atoms with Crippen molar-refractivity contribution in [3.63, 3.8) is 0 Å². The minimum absolute atomic E-state index is 0.0657. The average molecular weight is 309 g/mol. The summed E-state index contributed by atoms with van der Waals surface area (Å²) in [5.41, 5.74) is 2.62. The molecular formula is C20H23NO2. The predicted octanol–water partition coefficient (Wildman–Crippen LogP) is 3.80. The van der Waals surface area contributed by atoms with Crippen molar-refractivity contribution < 1.29 is 9.53 Å². The molecule has 23 heavy (non-hydrogen) atoms. The molecule has 2 aromatic rings. The van der Waals surface area contributed by atoms with E-state index in [1.54, 1.807) is 0 Å². The molecule has 1 aliphatic rings. The maximum Gasteiger partial charge on any atom is 0.302 e. The van der Waals surface area contributed by atoms with Crippen molar-refractivity contribution in [3.05, 3.63) is 71.8 Å². The van der Waals surface area contributed by atoms with E-state index in [-0.39, 0.29) is 18.1 Å². The van der Waals surface area contributed by atoms with Crippen LogP contribution >= 0.6 is 0 Å². The Hall–Kier alpha value is -2.13. The molecule has 0 radical (unpaired) electrons. The standard InChI is InChI=1S/C20H23NO2/c1-16(22)23-19-12-14-21(15-13-19)20(17-8-4-2-5-9-17)18-10-6-3-7-11-18/h2-11,19-20H,12-15H2,1H3. The number of carbonyl (C=O) groups excluding carboxylic acids is 1. The molecule has 0 saturated carbocycles. The van der Waals surface area contributed by atoms with E-state index in [1.165, 1.54) is 18.1 Å². The van der Waals surface area contributed by atoms with Crippen molar-refractivity contribution in [2.75, 3.05) is 13.1 Å². The lowest BCUT2D eigenvalue weighted by molar-refractivity contribution is -0.148. The van der Waals surface area contributed by atoms with E-state index in [1.807, 2.05) is 0 Å². The normalized spacial score (nSPS) is 16.4. The van der Waals surface area contributed by atoms with Crippen molar-refractivity contribution >= 4 is 5.97 Å². The number of benzene rings is 2. The number of rotatable bonds is 4. The number of likely N-dealkylation sites (tertiary alicyclic amines) is 1. The Bertz CT molecular complexity index is 579. The zero-order chi connectivity index (χ0) is 16.1. The third-order valence-corrected chi connectivity index (χ3v) is 4.40. The molecule has 3 heteroatoms. The Morgan fingerprint density at radius 1 is 0.957 bits per heavy atom. The summed E-state index contributed by atoms with van der Waals surface area (Å²) in [6.07, 6.45) is 1.86. The Kier molecular flexibility index (Phi) is 5.09. The van der Waals surface area contributed by atoms with Crippen LogP contribution in [0.15, 0.2) is 60.7 Å². The average Bonchev–Trinajstić information content (AvgIpc) is 2.58. The van der Waals surface area contributed by atoms with Crippen molar-refractivity contribution in [2.45, 2.75) is 31.9 Å². The summed E-state index contributed by atoms with van der Waals surface area (Å²) in [5, 5.41) is 0. The zero-order valence-electron chi connectivity index (χ0n) is 13.5. The summed E-state index contributed by atoms with van der Waals surface area (Å²) in [6, 6.07) is 21.5. The van der Waals surface area contributed by atoms with Gasteiger partial charge >= 0.3 is 5.97 Å². The third kappa shape index (κ3) is 3.99. The Morgan fingerprint density at radius 2 is 1.43 bits per heavy atom. The molecule has 1 aliphatic heterocycles. The van der Waals surface area contributed by atoms with E-state index < -0.39 is 0 Å². The number of esters is 1. The molecule has 0 amide bonds. The van der Waals surface area contributed by atoms with Crippen molar-refractivity contribution in [1.29, 1.82) is 0 Å². The minimum Gasteiger partial charge on any atom is -0.462 e. The first-order chi connectivity index (χ1) is 11.2. The van der Waals surface area contributed by atoms with E-state index in [0.29, 0.717) is 0 Å². The van der Waals surface area contributed by atoms with Gasteiger partial charge < -0.3 is 4.74 Å². The van der Waals surface area contributed by atoms with E-state index in [4.69, 9.17) is 4.74 Å². The zero-order valence-corrected chi connectivity index (χ0v) is 13.5. The first-order valence-corrected chi connectivity index (χ1v) is 8.25. The van der Waals surface area contributed by atoms with Gasteiger partial charge in [0, 0.05) is 20.0 Å². The van der Waals surface area contributed by atoms with Crippen LogP contribution in [0.2, 0.25) is 0 Å². The number of ether oxygens (including phenoxy) is 1. The fourth-order valence-corrected chi connectivity index (χ4v) is 3.37. The molecule has 120 valence electrons. The van der Waals surface area contributed by atoms with E-state index in [2.05, 4.69) is 65.6 Å². The summed E-state index contributed by atoms with van der Waals surface area (Å²) in [6.45, 7) is 3.36. The van der Waals surface area contributed by atoms with Gasteiger partial charge in [0.15, 0.2) is 0 Å². The first-order valence-electron chi connectivity index (χ1n) is 8.25. The van der Waals surface area contributed by atoms with Crippen LogP contribution in [-0.2, 0) is 9.53 Å². The molecule has 0 aliphatic carbocycles. The lowest BCUT2D eigenvalue weighted by atomic mass is 9.94. The van der Waals surface area contributed by atoms with Gasteiger partial charge in [0.25, 0.3) is 0 Å². The maximum atomic E-state index is 11.1. The van der Waals surface area contributed by atoms with Crippen LogP contribution in [0.5, 0.6) is 0 Å². The molecule has 1 heterocycles. The SMILES string of the molecule is CC(=O)OC1CCN(C(c2ccccc2)c2ccccc2)CC1. The second kappa shape index (κ2) is 7.42. The van der Waals surface area contributed by atoms with E-state index >= 15 is 0 Å². The molecule has 0 atom stereocenters. The summed E-state index contributed by atoms with van der Waals surface area (Å²) in [7, 11) is 0. The van der Waals surface area contributed by atoms with Crippen LogP contribution in [-0.4, -0.2) is 30.1 Å². The Morgan fingerprint density at radius 3 is 1.87 bits per heavy atom. The second-order valence-corrected chi connectivity index (χ2v) is 6.07. The minimum atomic E-state index is -0.175. The summed E-state index contributed by atoms with van der Waals surface area (Å²) in [4.78, 5) is 13.6. The highest BCUT2D eigenvalue weighted by molar-refractivity contribution is 5.66. The molecule has 3 rings (SSSR count). The van der Waals surface area contributed by atoms with Crippen LogP contribution in [0.25, 0.3) is 0 Å². The Balaban J connectivity index is 1.79. The second-order valence-electron chi connectivity index (χ2n) is 6.07. The molecule has 3 nitrogen and oxygen atoms in total. The van der Waals surface area contributed by atoms with Crippen molar-refractivity contribution in [3.8, 4) is 0 Å². The maximum absolute atomic E-state index is 11.1. The van der Waals surface area contributed by atoms with Crippen molar-refractivity contribution in [2.24, 2.45) is 0 Å². The fourth-order valence-electron chi connectivity index (χ4n) is 3.37. The summed E-state index contributed by atoms with van der Waals surface area (Å²) in [5.74, 6) is -0.175. The van der Waals surface area contributed by atoms with Crippen LogP contribution < -0.4 is 0 Å². The predicted molar refractivity (Wildman–Crippen MR) is 91.1 cm³/mol. The van der Waals surface area contributed by atoms with Crippen LogP contribution in [0.1, 0.15) is 36.9 Å².